The third-order valence-corrected chi connectivity index (χ3v) is 5.44. The fourth-order valence-electron chi connectivity index (χ4n) is 2.19. The van der Waals surface area contributed by atoms with Gasteiger partial charge in [-0.25, -0.2) is 0 Å². The van der Waals surface area contributed by atoms with Crippen molar-refractivity contribution >= 4 is 16.1 Å². The van der Waals surface area contributed by atoms with Crippen LogP contribution < -0.4 is 5.32 Å². The van der Waals surface area contributed by atoms with Crippen molar-refractivity contribution in [1.29, 1.82) is 0 Å². The maximum absolute atomic E-state index is 12.1. The molecule has 1 N–H and O–H groups in total. The molecule has 0 unspecified atom stereocenters. The Balaban J connectivity index is 2.34. The molecule has 7 nitrogen and oxygen atoms in total. The summed E-state index contributed by atoms with van der Waals surface area (Å²) in [6, 6.07) is 0.430. The summed E-state index contributed by atoms with van der Waals surface area (Å²) in [6.45, 7) is 6.68. The molecule has 1 fully saturated rings. The van der Waals surface area contributed by atoms with E-state index in [4.69, 9.17) is 0 Å². The predicted molar refractivity (Wildman–Crippen MR) is 83.1 cm³/mol. The Morgan fingerprint density at radius 1 is 1.19 bits per heavy atom. The standard InChI is InChI=1S/C13H28N4O3S/c1-12(2)14-7-5-6-13(18)16-8-10-17(11-9-16)21(19,20)15(3)4/h12,14H,5-11H2,1-4H3. The average molecular weight is 320 g/mol. The van der Waals surface area contributed by atoms with Gasteiger partial charge in [0.25, 0.3) is 10.2 Å². The topological polar surface area (TPSA) is 73.0 Å². The first-order chi connectivity index (χ1) is 9.75. The van der Waals surface area contributed by atoms with Crippen LogP contribution in [0.3, 0.4) is 0 Å². The summed E-state index contributed by atoms with van der Waals surface area (Å²) in [7, 11) is -0.316. The van der Waals surface area contributed by atoms with Crippen LogP contribution in [0.1, 0.15) is 26.7 Å². The van der Waals surface area contributed by atoms with Gasteiger partial charge in [-0.05, 0) is 13.0 Å². The Morgan fingerprint density at radius 2 is 1.76 bits per heavy atom. The van der Waals surface area contributed by atoms with Crippen LogP contribution in [-0.2, 0) is 15.0 Å². The van der Waals surface area contributed by atoms with Crippen molar-refractivity contribution in [2.75, 3.05) is 46.8 Å². The number of carbonyl (C=O) groups excluding carboxylic acids is 1. The van der Waals surface area contributed by atoms with Gasteiger partial charge in [-0.15, -0.1) is 0 Å². The van der Waals surface area contributed by atoms with Crippen molar-refractivity contribution in [2.24, 2.45) is 0 Å². The molecule has 124 valence electrons. The van der Waals surface area contributed by atoms with Gasteiger partial charge in [0.1, 0.15) is 0 Å². The van der Waals surface area contributed by atoms with Crippen molar-refractivity contribution in [2.45, 2.75) is 32.7 Å². The molecule has 0 atom stereocenters. The molecule has 1 amide bonds. The first-order valence-electron chi connectivity index (χ1n) is 7.44. The minimum absolute atomic E-state index is 0.113. The number of carbonyl (C=O) groups is 1. The van der Waals surface area contributed by atoms with Gasteiger partial charge in [0, 0.05) is 52.7 Å². The molecule has 0 aliphatic carbocycles. The molecule has 21 heavy (non-hydrogen) atoms. The predicted octanol–water partition coefficient (Wildman–Crippen LogP) is -0.285. The molecule has 0 spiro atoms. The highest BCUT2D eigenvalue weighted by Crippen LogP contribution is 2.10. The van der Waals surface area contributed by atoms with Crippen LogP contribution in [-0.4, -0.2) is 80.7 Å². The van der Waals surface area contributed by atoms with Gasteiger partial charge in [-0.2, -0.15) is 17.0 Å². The van der Waals surface area contributed by atoms with Crippen LogP contribution in [0.4, 0.5) is 0 Å². The van der Waals surface area contributed by atoms with Crippen molar-refractivity contribution in [3.63, 3.8) is 0 Å². The van der Waals surface area contributed by atoms with E-state index in [0.29, 0.717) is 38.6 Å². The smallest absolute Gasteiger partial charge is 0.281 e. The number of piperazine rings is 1. The lowest BCUT2D eigenvalue weighted by Gasteiger charge is -2.35. The van der Waals surface area contributed by atoms with E-state index >= 15 is 0 Å². The Hall–Kier alpha value is -0.700. The van der Waals surface area contributed by atoms with E-state index < -0.39 is 10.2 Å². The van der Waals surface area contributed by atoms with Crippen LogP contribution in [0.15, 0.2) is 0 Å². The number of amides is 1. The second-order valence-electron chi connectivity index (χ2n) is 5.78. The van der Waals surface area contributed by atoms with Crippen molar-refractivity contribution in [3.8, 4) is 0 Å². The Kier molecular flexibility index (Phi) is 7.05. The van der Waals surface area contributed by atoms with E-state index in [-0.39, 0.29) is 5.91 Å². The Bertz CT molecular complexity index is 429. The molecule has 1 rings (SSSR count). The maximum Gasteiger partial charge on any atom is 0.281 e. The molecule has 0 aromatic heterocycles. The second-order valence-corrected chi connectivity index (χ2v) is 7.92. The average Bonchev–Trinajstić information content (AvgIpc) is 2.43. The first-order valence-corrected chi connectivity index (χ1v) is 8.83. The van der Waals surface area contributed by atoms with Gasteiger partial charge < -0.3 is 10.2 Å². The molecule has 0 radical (unpaired) electrons. The molecule has 0 bridgehead atoms. The molecular formula is C13H28N4O3S. The van der Waals surface area contributed by atoms with Crippen molar-refractivity contribution in [1.82, 2.24) is 18.8 Å². The summed E-state index contributed by atoms with van der Waals surface area (Å²) in [6.07, 6.45) is 1.33. The van der Waals surface area contributed by atoms with E-state index in [2.05, 4.69) is 19.2 Å². The summed E-state index contributed by atoms with van der Waals surface area (Å²) in [5.74, 6) is 0.113. The van der Waals surface area contributed by atoms with E-state index in [1.807, 2.05) is 0 Å². The highest BCUT2D eigenvalue weighted by atomic mass is 32.2. The molecule has 8 heteroatoms. The molecule has 1 aliphatic rings. The lowest BCUT2D eigenvalue weighted by Crippen LogP contribution is -2.53. The second kappa shape index (κ2) is 8.07. The van der Waals surface area contributed by atoms with E-state index in [1.165, 1.54) is 22.7 Å². The lowest BCUT2D eigenvalue weighted by atomic mass is 10.2. The maximum atomic E-state index is 12.1. The zero-order valence-electron chi connectivity index (χ0n) is 13.5. The van der Waals surface area contributed by atoms with Crippen molar-refractivity contribution < 1.29 is 13.2 Å². The van der Waals surface area contributed by atoms with Gasteiger partial charge in [0.2, 0.25) is 5.91 Å². The zero-order valence-corrected chi connectivity index (χ0v) is 14.3. The molecule has 1 aliphatic heterocycles. The van der Waals surface area contributed by atoms with Gasteiger partial charge in [0.15, 0.2) is 0 Å². The number of nitrogens with zero attached hydrogens (tertiary/aromatic N) is 3. The minimum Gasteiger partial charge on any atom is -0.340 e. The number of hydrogen-bond donors (Lipinski definition) is 1. The molecular weight excluding hydrogens is 292 g/mol. The van der Waals surface area contributed by atoms with Crippen LogP contribution >= 0.6 is 0 Å². The van der Waals surface area contributed by atoms with Crippen molar-refractivity contribution in [3.05, 3.63) is 0 Å². The van der Waals surface area contributed by atoms with Crippen LogP contribution in [0.25, 0.3) is 0 Å². The molecule has 0 aromatic rings. The van der Waals surface area contributed by atoms with Gasteiger partial charge in [-0.1, -0.05) is 13.8 Å². The first kappa shape index (κ1) is 18.3. The number of rotatable bonds is 7. The lowest BCUT2D eigenvalue weighted by molar-refractivity contribution is -0.132. The summed E-state index contributed by atoms with van der Waals surface area (Å²) >= 11 is 0. The fraction of sp³-hybridized carbons (Fsp3) is 0.923. The third-order valence-electron chi connectivity index (χ3n) is 3.50. The van der Waals surface area contributed by atoms with E-state index in [0.717, 1.165) is 13.0 Å². The molecule has 0 aromatic carbocycles. The molecule has 1 saturated heterocycles. The van der Waals surface area contributed by atoms with Crippen LogP contribution in [0, 0.1) is 0 Å². The number of nitrogens with one attached hydrogen (secondary N) is 1. The van der Waals surface area contributed by atoms with E-state index in [9.17, 15) is 13.2 Å². The highest BCUT2D eigenvalue weighted by molar-refractivity contribution is 7.86. The summed E-state index contributed by atoms with van der Waals surface area (Å²) < 4.78 is 26.6. The Labute approximate surface area is 128 Å². The van der Waals surface area contributed by atoms with Gasteiger partial charge in [0.05, 0.1) is 0 Å². The van der Waals surface area contributed by atoms with E-state index in [1.54, 1.807) is 4.90 Å². The third kappa shape index (κ3) is 5.54. The molecule has 1 heterocycles. The fourth-order valence-corrected chi connectivity index (χ4v) is 3.27. The highest BCUT2D eigenvalue weighted by Gasteiger charge is 2.29. The zero-order chi connectivity index (χ0) is 16.0. The summed E-state index contributed by atoms with van der Waals surface area (Å²) in [5.41, 5.74) is 0. The van der Waals surface area contributed by atoms with Gasteiger partial charge in [-0.3, -0.25) is 4.79 Å². The summed E-state index contributed by atoms with van der Waals surface area (Å²) in [4.78, 5) is 13.8. The largest absolute Gasteiger partial charge is 0.340 e. The number of hydrogen-bond acceptors (Lipinski definition) is 4. The Morgan fingerprint density at radius 3 is 2.24 bits per heavy atom. The van der Waals surface area contributed by atoms with Gasteiger partial charge >= 0.3 is 0 Å². The normalized spacial score (nSPS) is 17.7. The monoisotopic (exact) mass is 320 g/mol. The summed E-state index contributed by atoms with van der Waals surface area (Å²) in [5, 5.41) is 3.28. The minimum atomic E-state index is -3.36. The SMILES string of the molecule is CC(C)NCCCC(=O)N1CCN(S(=O)(=O)N(C)C)CC1. The van der Waals surface area contributed by atoms with Crippen LogP contribution in [0.2, 0.25) is 0 Å². The molecule has 0 saturated carbocycles. The van der Waals surface area contributed by atoms with Crippen LogP contribution in [0.5, 0.6) is 0 Å². The quantitative estimate of drug-likeness (QED) is 0.655.